The van der Waals surface area contributed by atoms with Crippen molar-refractivity contribution in [2.45, 2.75) is 71.4 Å². The van der Waals surface area contributed by atoms with Gasteiger partial charge in [0.2, 0.25) is 0 Å². The number of rotatable bonds is 4. The van der Waals surface area contributed by atoms with E-state index in [1.807, 2.05) is 33.0 Å². The minimum atomic E-state index is -0.306. The third-order valence-corrected chi connectivity index (χ3v) is 4.97. The summed E-state index contributed by atoms with van der Waals surface area (Å²) in [6.45, 7) is 7.79. The minimum Gasteiger partial charge on any atom is -0.465 e. The van der Waals surface area contributed by atoms with Gasteiger partial charge in [-0.25, -0.2) is 9.78 Å². The number of methoxy groups -OCH3 is 1. The molecular formula is C20H33N3O2. The Balaban J connectivity index is 0.00000109. The Morgan fingerprint density at radius 2 is 1.92 bits per heavy atom. The molecule has 25 heavy (non-hydrogen) atoms. The fourth-order valence-electron chi connectivity index (χ4n) is 3.77. The number of esters is 1. The molecule has 0 radical (unpaired) electrons. The van der Waals surface area contributed by atoms with E-state index in [0.717, 1.165) is 30.9 Å². The van der Waals surface area contributed by atoms with Crippen molar-refractivity contribution in [3.05, 3.63) is 23.4 Å². The maximum atomic E-state index is 12.0. The molecule has 1 aliphatic heterocycles. The zero-order valence-corrected chi connectivity index (χ0v) is 16.2. The Labute approximate surface area is 152 Å². The number of aryl methyl sites for hydroxylation is 1. The number of hydrogen-bond acceptors (Lipinski definition) is 5. The van der Waals surface area contributed by atoms with Crippen LogP contribution in [0.5, 0.6) is 0 Å². The van der Waals surface area contributed by atoms with Gasteiger partial charge >= 0.3 is 5.97 Å². The average molecular weight is 348 g/mol. The third-order valence-electron chi connectivity index (χ3n) is 4.97. The summed E-state index contributed by atoms with van der Waals surface area (Å²) in [6, 6.07) is 3.03. The summed E-state index contributed by atoms with van der Waals surface area (Å²) in [4.78, 5) is 18.8. The highest BCUT2D eigenvalue weighted by molar-refractivity contribution is 5.95. The van der Waals surface area contributed by atoms with E-state index in [0.29, 0.717) is 17.6 Å². The molecule has 2 heterocycles. The molecule has 1 aromatic heterocycles. The molecule has 1 unspecified atom stereocenters. The Hall–Kier alpha value is -1.62. The number of carbonyl (C=O) groups is 1. The molecule has 1 aliphatic carbocycles. The van der Waals surface area contributed by atoms with Crippen LogP contribution in [0.4, 0.5) is 5.82 Å². The Morgan fingerprint density at radius 1 is 1.20 bits per heavy atom. The number of carbonyl (C=O) groups excluding carboxylic acids is 1. The van der Waals surface area contributed by atoms with Crippen molar-refractivity contribution in [3.63, 3.8) is 0 Å². The molecule has 140 valence electrons. The van der Waals surface area contributed by atoms with Gasteiger partial charge in [0.25, 0.3) is 0 Å². The summed E-state index contributed by atoms with van der Waals surface area (Å²) >= 11 is 0. The maximum Gasteiger partial charge on any atom is 0.341 e. The number of anilines is 1. The van der Waals surface area contributed by atoms with E-state index in [1.54, 1.807) is 0 Å². The van der Waals surface area contributed by atoms with Crippen molar-refractivity contribution in [2.75, 3.05) is 25.1 Å². The molecule has 0 bridgehead atoms. The fraction of sp³-hybridized carbons (Fsp3) is 0.700. The van der Waals surface area contributed by atoms with Crippen molar-refractivity contribution in [1.82, 2.24) is 10.3 Å². The van der Waals surface area contributed by atoms with Crippen LogP contribution in [0.1, 0.15) is 68.3 Å². The Morgan fingerprint density at radius 3 is 2.60 bits per heavy atom. The van der Waals surface area contributed by atoms with E-state index in [4.69, 9.17) is 4.74 Å². The van der Waals surface area contributed by atoms with E-state index in [9.17, 15) is 4.79 Å². The highest BCUT2D eigenvalue weighted by atomic mass is 16.5. The van der Waals surface area contributed by atoms with Crippen LogP contribution in [-0.4, -0.2) is 43.2 Å². The second-order valence-electron chi connectivity index (χ2n) is 6.81. The number of nitrogens with zero attached hydrogens (tertiary/aromatic N) is 2. The van der Waals surface area contributed by atoms with Crippen LogP contribution < -0.4 is 10.2 Å². The Bertz CT molecular complexity index is 556. The van der Waals surface area contributed by atoms with E-state index >= 15 is 0 Å². The molecule has 0 aromatic carbocycles. The van der Waals surface area contributed by atoms with Crippen molar-refractivity contribution >= 4 is 11.8 Å². The summed E-state index contributed by atoms with van der Waals surface area (Å²) in [5.74, 6) is 0.454. The summed E-state index contributed by atoms with van der Waals surface area (Å²) in [5.41, 5.74) is 1.55. The predicted octanol–water partition coefficient (Wildman–Crippen LogP) is 3.70. The monoisotopic (exact) mass is 347 g/mol. The predicted molar refractivity (Wildman–Crippen MR) is 102 cm³/mol. The zero-order chi connectivity index (χ0) is 18.2. The number of ether oxygens (including phenoxy) is 1. The van der Waals surface area contributed by atoms with E-state index in [1.165, 1.54) is 39.2 Å². The van der Waals surface area contributed by atoms with Gasteiger partial charge in [0, 0.05) is 31.4 Å². The van der Waals surface area contributed by atoms with Crippen molar-refractivity contribution in [1.29, 1.82) is 0 Å². The second-order valence-corrected chi connectivity index (χ2v) is 6.81. The number of hydrogen-bond donors (Lipinski definition) is 1. The van der Waals surface area contributed by atoms with Crippen LogP contribution in [0.3, 0.4) is 0 Å². The second kappa shape index (κ2) is 9.76. The molecule has 0 amide bonds. The molecular weight excluding hydrogens is 314 g/mol. The van der Waals surface area contributed by atoms with Crippen LogP contribution in [-0.2, 0) is 4.74 Å². The van der Waals surface area contributed by atoms with Gasteiger partial charge < -0.3 is 15.0 Å². The van der Waals surface area contributed by atoms with Crippen LogP contribution in [0, 0.1) is 6.92 Å². The first kappa shape index (κ1) is 19.7. The minimum absolute atomic E-state index is 0.306. The summed E-state index contributed by atoms with van der Waals surface area (Å²) in [7, 11) is 1.42. The summed E-state index contributed by atoms with van der Waals surface area (Å²) in [5, 5.41) is 3.81. The summed E-state index contributed by atoms with van der Waals surface area (Å²) < 4.78 is 4.92. The zero-order valence-electron chi connectivity index (χ0n) is 16.2. The largest absolute Gasteiger partial charge is 0.465 e. The lowest BCUT2D eigenvalue weighted by Gasteiger charge is -2.27. The topological polar surface area (TPSA) is 54.5 Å². The highest BCUT2D eigenvalue weighted by Gasteiger charge is 2.28. The highest BCUT2D eigenvalue weighted by Crippen LogP contribution is 2.25. The van der Waals surface area contributed by atoms with Gasteiger partial charge in [-0.3, -0.25) is 0 Å². The molecule has 1 atom stereocenters. The molecule has 2 aliphatic rings. The molecule has 0 spiro atoms. The average Bonchev–Trinajstić information content (AvgIpc) is 3.11. The van der Waals surface area contributed by atoms with Gasteiger partial charge in [-0.1, -0.05) is 33.1 Å². The molecule has 5 nitrogen and oxygen atoms in total. The smallest absolute Gasteiger partial charge is 0.341 e. The molecule has 1 saturated heterocycles. The lowest BCUT2D eigenvalue weighted by Crippen LogP contribution is -2.41. The molecule has 1 N–H and O–H groups in total. The number of pyridine rings is 1. The van der Waals surface area contributed by atoms with Crippen LogP contribution in [0.2, 0.25) is 0 Å². The molecule has 2 fully saturated rings. The first-order valence-corrected chi connectivity index (χ1v) is 9.73. The van der Waals surface area contributed by atoms with Gasteiger partial charge in [0.1, 0.15) is 11.4 Å². The normalized spacial score (nSPS) is 20.8. The number of aromatic nitrogens is 1. The lowest BCUT2D eigenvalue weighted by molar-refractivity contribution is 0.0601. The fourth-order valence-corrected chi connectivity index (χ4v) is 3.77. The Kier molecular flexibility index (Phi) is 7.69. The molecule has 1 saturated carbocycles. The lowest BCUT2D eigenvalue weighted by atomic mass is 9.95. The SMILES string of the molecule is CC.COC(=O)c1cc(C)cnc1N1CCC(NC2CCCCC2)C1. The van der Waals surface area contributed by atoms with Gasteiger partial charge in [-0.15, -0.1) is 0 Å². The van der Waals surface area contributed by atoms with Crippen molar-refractivity contribution in [2.24, 2.45) is 0 Å². The quantitative estimate of drug-likeness (QED) is 0.842. The van der Waals surface area contributed by atoms with Gasteiger partial charge in [0.05, 0.1) is 7.11 Å². The maximum absolute atomic E-state index is 12.0. The third kappa shape index (κ3) is 5.18. The van der Waals surface area contributed by atoms with Crippen LogP contribution in [0.15, 0.2) is 12.3 Å². The van der Waals surface area contributed by atoms with Gasteiger partial charge in [-0.2, -0.15) is 0 Å². The molecule has 5 heteroatoms. The van der Waals surface area contributed by atoms with E-state index in [2.05, 4.69) is 15.2 Å². The van der Waals surface area contributed by atoms with Crippen LogP contribution in [0.25, 0.3) is 0 Å². The first-order valence-electron chi connectivity index (χ1n) is 9.73. The first-order chi connectivity index (χ1) is 12.2. The van der Waals surface area contributed by atoms with Crippen molar-refractivity contribution in [3.8, 4) is 0 Å². The van der Waals surface area contributed by atoms with Crippen LogP contribution >= 0.6 is 0 Å². The van der Waals surface area contributed by atoms with Gasteiger partial charge in [0.15, 0.2) is 0 Å². The van der Waals surface area contributed by atoms with E-state index in [-0.39, 0.29) is 5.97 Å². The molecule has 1 aromatic rings. The van der Waals surface area contributed by atoms with Crippen molar-refractivity contribution < 1.29 is 9.53 Å². The summed E-state index contributed by atoms with van der Waals surface area (Å²) in [6.07, 6.45) is 9.60. The van der Waals surface area contributed by atoms with E-state index < -0.39 is 0 Å². The van der Waals surface area contributed by atoms with Gasteiger partial charge in [-0.05, 0) is 37.8 Å². The molecule has 3 rings (SSSR count). The standard InChI is InChI=1S/C18H27N3O2.C2H6/c1-13-10-16(18(22)23-2)17(19-11-13)21-9-8-15(12-21)20-14-6-4-3-5-7-14;1-2/h10-11,14-15,20H,3-9,12H2,1-2H3;1-2H3. The number of nitrogens with one attached hydrogen (secondary N) is 1.